The summed E-state index contributed by atoms with van der Waals surface area (Å²) < 4.78 is 0. The predicted octanol–water partition coefficient (Wildman–Crippen LogP) is 2.18. The van der Waals surface area contributed by atoms with Gasteiger partial charge in [-0.3, -0.25) is 4.98 Å². The average molecular weight is 268 g/mol. The van der Waals surface area contributed by atoms with Gasteiger partial charge in [0.05, 0.1) is 16.6 Å². The van der Waals surface area contributed by atoms with Gasteiger partial charge in [-0.15, -0.1) is 0 Å². The molecule has 0 saturated heterocycles. The van der Waals surface area contributed by atoms with Crippen molar-refractivity contribution < 1.29 is 19.8 Å². The quantitative estimate of drug-likeness (QED) is 0.691. The van der Waals surface area contributed by atoms with Gasteiger partial charge in [0.2, 0.25) is 0 Å². The van der Waals surface area contributed by atoms with Gasteiger partial charge < -0.3 is 10.2 Å². The lowest BCUT2D eigenvalue weighted by Gasteiger charge is -2.06. The third-order valence-corrected chi connectivity index (χ3v) is 2.99. The van der Waals surface area contributed by atoms with E-state index in [1.165, 1.54) is 18.3 Å². The summed E-state index contributed by atoms with van der Waals surface area (Å²) in [6, 6.07) is 7.67. The zero-order valence-electron chi connectivity index (χ0n) is 10.1. The summed E-state index contributed by atoms with van der Waals surface area (Å²) in [6.45, 7) is 0. The average Bonchev–Trinajstić information content (AvgIpc) is 2.45. The Labute approximate surface area is 112 Å². The highest BCUT2D eigenvalue weighted by atomic mass is 16.4. The van der Waals surface area contributed by atoms with Gasteiger partial charge in [0.15, 0.2) is 0 Å². The maximum absolute atomic E-state index is 11.3. The largest absolute Gasteiger partial charge is 0.478 e. The van der Waals surface area contributed by atoms with Crippen molar-refractivity contribution in [2.24, 2.45) is 0 Å². The normalized spacial score (nSPS) is 10.8. The van der Waals surface area contributed by atoms with Gasteiger partial charge in [-0.1, -0.05) is 6.07 Å². The van der Waals surface area contributed by atoms with Crippen molar-refractivity contribution in [3.8, 4) is 0 Å². The molecule has 0 aliphatic heterocycles. The number of hydrogen-bond donors (Lipinski definition) is 2. The van der Waals surface area contributed by atoms with Crippen LogP contribution in [0, 0.1) is 0 Å². The fourth-order valence-electron chi connectivity index (χ4n) is 2.12. The van der Waals surface area contributed by atoms with Crippen molar-refractivity contribution in [3.63, 3.8) is 0 Å². The van der Waals surface area contributed by atoms with Crippen LogP contribution in [-0.4, -0.2) is 32.1 Å². The van der Waals surface area contributed by atoms with E-state index in [4.69, 9.17) is 5.11 Å². The van der Waals surface area contributed by atoms with Gasteiger partial charge in [0, 0.05) is 17.0 Å². The van der Waals surface area contributed by atoms with Crippen LogP contribution in [0.2, 0.25) is 0 Å². The van der Waals surface area contributed by atoms with E-state index in [0.717, 1.165) is 0 Å². The predicted molar refractivity (Wildman–Crippen MR) is 71.0 cm³/mol. The van der Waals surface area contributed by atoms with E-state index >= 15 is 0 Å². The zero-order valence-corrected chi connectivity index (χ0v) is 10.1. The van der Waals surface area contributed by atoms with E-state index in [1.54, 1.807) is 18.2 Å². The fourth-order valence-corrected chi connectivity index (χ4v) is 2.12. The lowest BCUT2D eigenvalue weighted by molar-refractivity contribution is 0.0683. The molecule has 98 valence electrons. The highest BCUT2D eigenvalue weighted by Gasteiger charge is 2.15. The summed E-state index contributed by atoms with van der Waals surface area (Å²) in [6.07, 6.45) is 1.49. The minimum Gasteiger partial charge on any atom is -0.478 e. The van der Waals surface area contributed by atoms with Crippen molar-refractivity contribution in [2.45, 2.75) is 0 Å². The van der Waals surface area contributed by atoms with E-state index in [9.17, 15) is 14.7 Å². The standard InChI is InChI=1S/C14H8N2O4/c17-13(18)9-6-7-3-4-10(14(19)20)16-11(7)8-2-1-5-15-12(8)9/h1-6H,(H,17,18)(H,19,20). The molecule has 0 radical (unpaired) electrons. The number of carbonyl (C=O) groups is 2. The SMILES string of the molecule is O=C(O)c1ccc2cc(C(=O)O)c3ncccc3c2n1. The number of benzene rings is 1. The van der Waals surface area contributed by atoms with Gasteiger partial charge in [-0.2, -0.15) is 0 Å². The number of nitrogens with zero attached hydrogens (tertiary/aromatic N) is 2. The summed E-state index contributed by atoms with van der Waals surface area (Å²) in [5.41, 5.74) is 0.698. The van der Waals surface area contributed by atoms with Crippen LogP contribution in [-0.2, 0) is 0 Å². The van der Waals surface area contributed by atoms with Crippen molar-refractivity contribution in [2.75, 3.05) is 0 Å². The van der Waals surface area contributed by atoms with Crippen LogP contribution in [0.4, 0.5) is 0 Å². The first-order valence-corrected chi connectivity index (χ1v) is 5.73. The summed E-state index contributed by atoms with van der Waals surface area (Å²) in [7, 11) is 0. The first-order valence-electron chi connectivity index (χ1n) is 5.73. The third-order valence-electron chi connectivity index (χ3n) is 2.99. The first kappa shape index (κ1) is 12.0. The molecule has 1 aromatic carbocycles. The van der Waals surface area contributed by atoms with E-state index in [1.807, 2.05) is 0 Å². The first-order chi connectivity index (χ1) is 9.58. The van der Waals surface area contributed by atoms with Gasteiger partial charge >= 0.3 is 11.9 Å². The maximum Gasteiger partial charge on any atom is 0.354 e. The Balaban J connectivity index is 2.50. The van der Waals surface area contributed by atoms with Crippen molar-refractivity contribution >= 4 is 33.7 Å². The van der Waals surface area contributed by atoms with E-state index in [2.05, 4.69) is 9.97 Å². The van der Waals surface area contributed by atoms with Crippen LogP contribution in [0.5, 0.6) is 0 Å². The molecule has 2 N–H and O–H groups in total. The van der Waals surface area contributed by atoms with Crippen LogP contribution in [0.3, 0.4) is 0 Å². The zero-order chi connectivity index (χ0) is 14.3. The van der Waals surface area contributed by atoms with Crippen LogP contribution in [0.1, 0.15) is 20.8 Å². The Morgan fingerprint density at radius 3 is 2.50 bits per heavy atom. The Kier molecular flexibility index (Phi) is 2.57. The second kappa shape index (κ2) is 4.27. The molecule has 6 heteroatoms. The minimum atomic E-state index is -1.13. The molecule has 0 atom stereocenters. The molecule has 0 aliphatic rings. The molecule has 0 amide bonds. The smallest absolute Gasteiger partial charge is 0.354 e. The summed E-state index contributed by atoms with van der Waals surface area (Å²) in [5, 5.41) is 19.3. The molecule has 0 aliphatic carbocycles. The van der Waals surface area contributed by atoms with Crippen LogP contribution in [0.15, 0.2) is 36.5 Å². The third kappa shape index (κ3) is 1.74. The number of fused-ring (bicyclic) bond motifs is 3. The molecule has 3 rings (SSSR count). The highest BCUT2D eigenvalue weighted by Crippen LogP contribution is 2.26. The maximum atomic E-state index is 11.3. The molecule has 2 aromatic heterocycles. The highest BCUT2D eigenvalue weighted by molar-refractivity contribution is 6.13. The molecule has 0 unspecified atom stereocenters. The Bertz CT molecular complexity index is 874. The molecule has 3 aromatic rings. The number of rotatable bonds is 2. The lowest BCUT2D eigenvalue weighted by Crippen LogP contribution is -2.03. The molecule has 0 spiro atoms. The Morgan fingerprint density at radius 2 is 1.80 bits per heavy atom. The van der Waals surface area contributed by atoms with Crippen molar-refractivity contribution in [3.05, 3.63) is 47.8 Å². The second-order valence-corrected chi connectivity index (χ2v) is 4.20. The van der Waals surface area contributed by atoms with Crippen molar-refractivity contribution in [1.29, 1.82) is 0 Å². The number of aromatic nitrogens is 2. The summed E-state index contributed by atoms with van der Waals surface area (Å²) in [4.78, 5) is 30.4. The second-order valence-electron chi connectivity index (χ2n) is 4.20. The molecular formula is C14H8N2O4. The van der Waals surface area contributed by atoms with Gasteiger partial charge in [-0.25, -0.2) is 14.6 Å². The molecule has 20 heavy (non-hydrogen) atoms. The van der Waals surface area contributed by atoms with E-state index < -0.39 is 11.9 Å². The van der Waals surface area contributed by atoms with Gasteiger partial charge in [0.1, 0.15) is 5.69 Å². The van der Waals surface area contributed by atoms with Crippen LogP contribution >= 0.6 is 0 Å². The molecule has 0 saturated carbocycles. The molecule has 0 fully saturated rings. The number of carboxylic acid groups (broad SMARTS) is 2. The van der Waals surface area contributed by atoms with E-state index in [0.29, 0.717) is 21.8 Å². The van der Waals surface area contributed by atoms with Gasteiger partial charge in [0.25, 0.3) is 0 Å². The number of hydrogen-bond acceptors (Lipinski definition) is 4. The number of pyridine rings is 2. The van der Waals surface area contributed by atoms with Crippen molar-refractivity contribution in [1.82, 2.24) is 9.97 Å². The topological polar surface area (TPSA) is 100 Å². The Hall–Kier alpha value is -3.02. The molecule has 2 heterocycles. The summed E-state index contributed by atoms with van der Waals surface area (Å²) in [5.74, 6) is -2.22. The lowest BCUT2D eigenvalue weighted by atomic mass is 10.0. The summed E-state index contributed by atoms with van der Waals surface area (Å²) >= 11 is 0. The number of carboxylic acids is 2. The van der Waals surface area contributed by atoms with Crippen LogP contribution in [0.25, 0.3) is 21.8 Å². The molecule has 6 nitrogen and oxygen atoms in total. The monoisotopic (exact) mass is 268 g/mol. The van der Waals surface area contributed by atoms with Gasteiger partial charge in [-0.05, 0) is 24.3 Å². The molecule has 0 bridgehead atoms. The fraction of sp³-hybridized carbons (Fsp3) is 0. The minimum absolute atomic E-state index is 0.0676. The van der Waals surface area contributed by atoms with Crippen LogP contribution < -0.4 is 0 Å². The number of aromatic carboxylic acids is 2. The van der Waals surface area contributed by atoms with E-state index in [-0.39, 0.29) is 11.3 Å². The Morgan fingerprint density at radius 1 is 1.00 bits per heavy atom. The molecular weight excluding hydrogens is 260 g/mol.